The van der Waals surface area contributed by atoms with Crippen molar-refractivity contribution in [3.05, 3.63) is 157 Å². The third kappa shape index (κ3) is 6.48. The first-order valence-electron chi connectivity index (χ1n) is 13.1. The highest BCUT2D eigenvalue weighted by Crippen LogP contribution is 2.24. The number of para-hydroxylation sites is 2. The summed E-state index contributed by atoms with van der Waals surface area (Å²) >= 11 is 0. The van der Waals surface area contributed by atoms with E-state index in [9.17, 15) is 0 Å². The van der Waals surface area contributed by atoms with E-state index in [0.717, 1.165) is 34.7 Å². The summed E-state index contributed by atoms with van der Waals surface area (Å²) in [7, 11) is -3.18. The quantitative estimate of drug-likeness (QED) is 0.176. The maximum atomic E-state index is 6.96. The predicted octanol–water partition coefficient (Wildman–Crippen LogP) is 6.55. The highest BCUT2D eigenvalue weighted by Gasteiger charge is 2.45. The van der Waals surface area contributed by atoms with E-state index < -0.39 is 8.56 Å². The molecule has 0 aromatic heterocycles. The number of rotatable bonds is 12. The lowest BCUT2D eigenvalue weighted by Gasteiger charge is -2.33. The minimum absolute atomic E-state index is 0.538. The van der Waals surface area contributed by atoms with E-state index >= 15 is 0 Å². The maximum Gasteiger partial charge on any atom is 0.410 e. The van der Waals surface area contributed by atoms with Gasteiger partial charge in [-0.2, -0.15) is 0 Å². The molecule has 0 saturated heterocycles. The summed E-state index contributed by atoms with van der Waals surface area (Å²) in [4.78, 5) is 0. The van der Waals surface area contributed by atoms with Crippen LogP contribution in [0.25, 0.3) is 0 Å². The first-order valence-corrected chi connectivity index (χ1v) is 14.9. The van der Waals surface area contributed by atoms with Gasteiger partial charge in [-0.3, -0.25) is 0 Å². The highest BCUT2D eigenvalue weighted by molar-refractivity contribution is 6.93. The molecule has 5 aromatic rings. The third-order valence-corrected chi connectivity index (χ3v) is 9.88. The van der Waals surface area contributed by atoms with E-state index in [1.165, 1.54) is 11.1 Å². The van der Waals surface area contributed by atoms with Crippen LogP contribution in [0.3, 0.4) is 0 Å². The van der Waals surface area contributed by atoms with Gasteiger partial charge in [-0.25, -0.2) is 0 Å². The molecule has 3 nitrogen and oxygen atoms in total. The Morgan fingerprint density at radius 1 is 0.447 bits per heavy atom. The molecule has 4 heteroatoms. The first kappa shape index (κ1) is 25.7. The third-order valence-electron chi connectivity index (χ3n) is 6.44. The fraction of sp³-hybridized carbons (Fsp3) is 0.118. The second kappa shape index (κ2) is 13.0. The smallest absolute Gasteiger partial charge is 0.410 e. The van der Waals surface area contributed by atoms with Gasteiger partial charge in [0, 0.05) is 18.4 Å². The maximum absolute atomic E-state index is 6.96. The zero-order valence-corrected chi connectivity index (χ0v) is 22.4. The molecule has 5 rings (SSSR count). The molecule has 0 aliphatic heterocycles. The first-order chi connectivity index (χ1) is 18.8. The van der Waals surface area contributed by atoms with Gasteiger partial charge in [-0.05, 0) is 47.4 Å². The average molecular weight is 517 g/mol. The average Bonchev–Trinajstić information content (AvgIpc) is 2.99. The van der Waals surface area contributed by atoms with E-state index in [0.29, 0.717) is 13.2 Å². The molecule has 0 aliphatic rings. The molecule has 0 N–H and O–H groups in total. The SMILES string of the molecule is c1ccc(CCO[Si](OCCc2ccccc2)(c2ccccc2)c2ccccc2Oc2ccccc2)cc1. The number of ether oxygens (including phenoxy) is 1. The highest BCUT2D eigenvalue weighted by atomic mass is 28.4. The van der Waals surface area contributed by atoms with Crippen LogP contribution in [-0.4, -0.2) is 21.8 Å². The van der Waals surface area contributed by atoms with E-state index in [1.807, 2.05) is 66.7 Å². The summed E-state index contributed by atoms with van der Waals surface area (Å²) in [5.41, 5.74) is 2.48. The molecular formula is C34H32O3Si. The molecular weight excluding hydrogens is 484 g/mol. The Morgan fingerprint density at radius 3 is 1.45 bits per heavy atom. The Bertz CT molecular complexity index is 1330. The summed E-state index contributed by atoms with van der Waals surface area (Å²) in [5, 5.41) is 2.03. The van der Waals surface area contributed by atoms with Crippen molar-refractivity contribution >= 4 is 18.9 Å². The summed E-state index contributed by atoms with van der Waals surface area (Å²) in [5.74, 6) is 1.54. The molecule has 0 spiro atoms. The van der Waals surface area contributed by atoms with Gasteiger partial charge in [0.2, 0.25) is 0 Å². The Balaban J connectivity index is 1.53. The van der Waals surface area contributed by atoms with Gasteiger partial charge >= 0.3 is 8.56 Å². The second-order valence-electron chi connectivity index (χ2n) is 9.06. The predicted molar refractivity (Wildman–Crippen MR) is 157 cm³/mol. The van der Waals surface area contributed by atoms with Crippen molar-refractivity contribution < 1.29 is 13.6 Å². The van der Waals surface area contributed by atoms with Gasteiger partial charge in [0.15, 0.2) is 0 Å². The molecule has 0 atom stereocenters. The summed E-state index contributed by atoms with van der Waals surface area (Å²) in [6.45, 7) is 1.08. The van der Waals surface area contributed by atoms with Crippen molar-refractivity contribution in [1.29, 1.82) is 0 Å². The minimum atomic E-state index is -3.18. The van der Waals surface area contributed by atoms with Gasteiger partial charge in [-0.15, -0.1) is 0 Å². The lowest BCUT2D eigenvalue weighted by atomic mass is 10.2. The van der Waals surface area contributed by atoms with Crippen LogP contribution in [0.4, 0.5) is 0 Å². The second-order valence-corrected chi connectivity index (χ2v) is 12.0. The lowest BCUT2D eigenvalue weighted by Crippen LogP contribution is -2.64. The molecule has 0 heterocycles. The van der Waals surface area contributed by atoms with Crippen LogP contribution >= 0.6 is 0 Å². The van der Waals surface area contributed by atoms with Crippen LogP contribution in [0.1, 0.15) is 11.1 Å². The normalized spacial score (nSPS) is 11.3. The zero-order chi connectivity index (χ0) is 25.9. The van der Waals surface area contributed by atoms with Crippen molar-refractivity contribution in [2.45, 2.75) is 12.8 Å². The summed E-state index contributed by atoms with van der Waals surface area (Å²) in [6.07, 6.45) is 1.60. The monoisotopic (exact) mass is 516 g/mol. The number of hydrogen-bond acceptors (Lipinski definition) is 3. The van der Waals surface area contributed by atoms with Crippen molar-refractivity contribution in [3.8, 4) is 11.5 Å². The molecule has 0 aliphatic carbocycles. The Kier molecular flexibility index (Phi) is 8.80. The molecule has 38 heavy (non-hydrogen) atoms. The Morgan fingerprint density at radius 2 is 0.895 bits per heavy atom. The largest absolute Gasteiger partial charge is 0.457 e. The topological polar surface area (TPSA) is 27.7 Å². The summed E-state index contributed by atoms with van der Waals surface area (Å²) < 4.78 is 20.4. The van der Waals surface area contributed by atoms with Crippen LogP contribution in [0.2, 0.25) is 0 Å². The lowest BCUT2D eigenvalue weighted by molar-refractivity contribution is 0.194. The zero-order valence-electron chi connectivity index (χ0n) is 21.4. The van der Waals surface area contributed by atoms with E-state index in [-0.39, 0.29) is 0 Å². The van der Waals surface area contributed by atoms with Crippen LogP contribution in [0.5, 0.6) is 11.5 Å². The van der Waals surface area contributed by atoms with Crippen LogP contribution in [0.15, 0.2) is 146 Å². The van der Waals surface area contributed by atoms with Crippen molar-refractivity contribution in [1.82, 2.24) is 0 Å². The minimum Gasteiger partial charge on any atom is -0.457 e. The Labute approximate surface area is 226 Å². The van der Waals surface area contributed by atoms with Gasteiger partial charge in [-0.1, -0.05) is 127 Å². The van der Waals surface area contributed by atoms with Crippen molar-refractivity contribution in [3.63, 3.8) is 0 Å². The summed E-state index contributed by atoms with van der Waals surface area (Å²) in [6, 6.07) is 49.3. The standard InChI is InChI=1S/C34H32O3Si/c1-5-15-29(16-6-1)25-27-35-38(32-21-11-4-12-22-32,36-28-26-30-17-7-2-8-18-30)34-24-14-13-23-33(34)37-31-19-9-3-10-20-31/h1-24H,25-28H2. The fourth-order valence-corrected chi connectivity index (χ4v) is 7.76. The fourth-order valence-electron chi connectivity index (χ4n) is 4.53. The van der Waals surface area contributed by atoms with Gasteiger partial charge in [0.05, 0.1) is 0 Å². The van der Waals surface area contributed by atoms with Crippen LogP contribution in [-0.2, 0) is 21.7 Å². The molecule has 0 unspecified atom stereocenters. The van der Waals surface area contributed by atoms with Crippen LogP contribution in [0, 0.1) is 0 Å². The van der Waals surface area contributed by atoms with Crippen molar-refractivity contribution in [2.24, 2.45) is 0 Å². The molecule has 0 amide bonds. The molecule has 0 bridgehead atoms. The molecule has 0 radical (unpaired) electrons. The van der Waals surface area contributed by atoms with E-state index in [2.05, 4.69) is 78.9 Å². The molecule has 0 fully saturated rings. The van der Waals surface area contributed by atoms with Gasteiger partial charge < -0.3 is 13.6 Å². The van der Waals surface area contributed by atoms with Crippen LogP contribution < -0.4 is 15.1 Å². The van der Waals surface area contributed by atoms with E-state index in [4.69, 9.17) is 13.6 Å². The van der Waals surface area contributed by atoms with Gasteiger partial charge in [0.1, 0.15) is 11.5 Å². The van der Waals surface area contributed by atoms with E-state index in [1.54, 1.807) is 0 Å². The Hall–Kier alpha value is -3.96. The van der Waals surface area contributed by atoms with Gasteiger partial charge in [0.25, 0.3) is 0 Å². The molecule has 190 valence electrons. The van der Waals surface area contributed by atoms with Crippen molar-refractivity contribution in [2.75, 3.05) is 13.2 Å². The number of hydrogen-bond donors (Lipinski definition) is 0. The number of benzene rings is 5. The molecule has 0 saturated carbocycles. The molecule has 5 aromatic carbocycles.